The fourth-order valence-corrected chi connectivity index (χ4v) is 3.07. The molecule has 0 aliphatic rings. The van der Waals surface area contributed by atoms with E-state index >= 15 is 0 Å². The van der Waals surface area contributed by atoms with E-state index in [-0.39, 0.29) is 9.88 Å². The summed E-state index contributed by atoms with van der Waals surface area (Å²) in [6, 6.07) is 6.18. The van der Waals surface area contributed by atoms with Crippen molar-refractivity contribution in [3.05, 3.63) is 41.2 Å². The number of aryl methyl sites for hydroxylation is 2. The van der Waals surface area contributed by atoms with Crippen molar-refractivity contribution in [1.29, 1.82) is 0 Å². The smallest absolute Gasteiger partial charge is 0.262 e. The Balaban J connectivity index is 2.41. The Labute approximate surface area is 122 Å². The van der Waals surface area contributed by atoms with Crippen molar-refractivity contribution in [2.75, 3.05) is 4.72 Å². The summed E-state index contributed by atoms with van der Waals surface area (Å²) in [5.74, 6) is 0. The van der Waals surface area contributed by atoms with Gasteiger partial charge in [0.1, 0.15) is 4.99 Å². The average Bonchev–Trinajstić information content (AvgIpc) is 2.70. The zero-order chi connectivity index (χ0) is 14.9. The Morgan fingerprint density at radius 2 is 2.10 bits per heavy atom. The summed E-state index contributed by atoms with van der Waals surface area (Å²) in [7, 11) is -3.71. The van der Waals surface area contributed by atoms with E-state index in [1.54, 1.807) is 26.0 Å². The van der Waals surface area contributed by atoms with E-state index in [0.717, 1.165) is 0 Å². The third-order valence-corrected chi connectivity index (χ3v) is 4.38. The lowest BCUT2D eigenvalue weighted by Gasteiger charge is -2.09. The van der Waals surface area contributed by atoms with Crippen LogP contribution in [0.1, 0.15) is 17.0 Å². The zero-order valence-electron chi connectivity index (χ0n) is 11.0. The van der Waals surface area contributed by atoms with Crippen LogP contribution in [0.25, 0.3) is 0 Å². The number of hydrogen-bond donors (Lipinski definition) is 3. The molecule has 0 aliphatic carbocycles. The van der Waals surface area contributed by atoms with Crippen LogP contribution >= 0.6 is 12.2 Å². The van der Waals surface area contributed by atoms with Gasteiger partial charge in [0.15, 0.2) is 0 Å². The molecule has 8 heteroatoms. The summed E-state index contributed by atoms with van der Waals surface area (Å²) >= 11 is 4.85. The van der Waals surface area contributed by atoms with Gasteiger partial charge in [0.2, 0.25) is 0 Å². The molecule has 0 saturated heterocycles. The molecular formula is C12H14N4O2S2. The van der Waals surface area contributed by atoms with Crippen molar-refractivity contribution in [2.24, 2.45) is 5.73 Å². The van der Waals surface area contributed by atoms with Gasteiger partial charge in [-0.05, 0) is 26.0 Å². The first kappa shape index (κ1) is 14.5. The van der Waals surface area contributed by atoms with Gasteiger partial charge in [-0.1, -0.05) is 24.4 Å². The first-order valence-corrected chi connectivity index (χ1v) is 7.64. The number of benzene rings is 1. The van der Waals surface area contributed by atoms with Crippen molar-refractivity contribution >= 4 is 32.9 Å². The molecule has 0 atom stereocenters. The second-order valence-corrected chi connectivity index (χ2v) is 6.43. The zero-order valence-corrected chi connectivity index (χ0v) is 12.6. The lowest BCUT2D eigenvalue weighted by atomic mass is 10.2. The van der Waals surface area contributed by atoms with Gasteiger partial charge in [-0.25, -0.2) is 8.42 Å². The fourth-order valence-electron chi connectivity index (χ4n) is 1.71. The molecule has 0 spiro atoms. The van der Waals surface area contributed by atoms with Crippen LogP contribution in [0.2, 0.25) is 0 Å². The van der Waals surface area contributed by atoms with Crippen molar-refractivity contribution in [3.8, 4) is 0 Å². The largest absolute Gasteiger partial charge is 0.389 e. The Hall–Kier alpha value is -1.93. The standard InChI is InChI=1S/C12H14N4O2S2/c1-7-11(8(2)15-14-7)16-20(17,18)10-5-3-4-9(6-10)12(13)19/h3-6,16H,1-2H3,(H2,13,19)(H,14,15). The van der Waals surface area contributed by atoms with Crippen LogP contribution in [-0.4, -0.2) is 23.6 Å². The van der Waals surface area contributed by atoms with Crippen LogP contribution in [0.3, 0.4) is 0 Å². The van der Waals surface area contributed by atoms with Crippen LogP contribution in [0, 0.1) is 13.8 Å². The number of H-pyrrole nitrogens is 1. The first-order valence-electron chi connectivity index (χ1n) is 5.75. The molecule has 1 aromatic heterocycles. The highest BCUT2D eigenvalue weighted by atomic mass is 32.2. The highest BCUT2D eigenvalue weighted by Gasteiger charge is 2.18. The minimum Gasteiger partial charge on any atom is -0.389 e. The Kier molecular flexibility index (Phi) is 3.78. The number of nitrogens with zero attached hydrogens (tertiary/aromatic N) is 1. The molecule has 106 valence electrons. The predicted octanol–water partition coefficient (Wildman–Crippen LogP) is 1.46. The highest BCUT2D eigenvalue weighted by Crippen LogP contribution is 2.21. The molecule has 0 radical (unpaired) electrons. The molecule has 2 aromatic rings. The molecule has 0 aliphatic heterocycles. The van der Waals surface area contributed by atoms with Gasteiger partial charge in [-0.3, -0.25) is 9.82 Å². The van der Waals surface area contributed by atoms with E-state index in [1.807, 2.05) is 0 Å². The summed E-state index contributed by atoms with van der Waals surface area (Å²) in [6.07, 6.45) is 0. The summed E-state index contributed by atoms with van der Waals surface area (Å²) in [6.45, 7) is 3.45. The first-order chi connectivity index (χ1) is 9.31. The maximum absolute atomic E-state index is 12.3. The number of aromatic nitrogens is 2. The molecule has 0 bridgehead atoms. The quantitative estimate of drug-likeness (QED) is 0.742. The number of nitrogens with one attached hydrogen (secondary N) is 2. The third-order valence-electron chi connectivity index (χ3n) is 2.79. The lowest BCUT2D eigenvalue weighted by Crippen LogP contribution is -2.16. The monoisotopic (exact) mass is 310 g/mol. The summed E-state index contributed by atoms with van der Waals surface area (Å²) in [5, 5.41) is 6.67. The average molecular weight is 310 g/mol. The molecule has 0 unspecified atom stereocenters. The normalized spacial score (nSPS) is 11.3. The summed E-state index contributed by atoms with van der Waals surface area (Å²) < 4.78 is 27.2. The predicted molar refractivity (Wildman–Crippen MR) is 81.2 cm³/mol. The van der Waals surface area contributed by atoms with Crippen LogP contribution in [0.15, 0.2) is 29.2 Å². The number of sulfonamides is 1. The molecule has 4 N–H and O–H groups in total. The highest BCUT2D eigenvalue weighted by molar-refractivity contribution is 7.92. The maximum atomic E-state index is 12.3. The number of anilines is 1. The van der Waals surface area contributed by atoms with Crippen molar-refractivity contribution in [3.63, 3.8) is 0 Å². The summed E-state index contributed by atoms with van der Waals surface area (Å²) in [5.41, 5.74) is 7.69. The van der Waals surface area contributed by atoms with Gasteiger partial charge in [0.25, 0.3) is 10.0 Å². The van der Waals surface area contributed by atoms with Gasteiger partial charge < -0.3 is 5.73 Å². The topological polar surface area (TPSA) is 101 Å². The SMILES string of the molecule is Cc1n[nH]c(C)c1NS(=O)(=O)c1cccc(C(N)=S)c1. The molecule has 2 rings (SSSR count). The van der Waals surface area contributed by atoms with Gasteiger partial charge in [0.05, 0.1) is 22.0 Å². The van der Waals surface area contributed by atoms with Crippen LogP contribution in [-0.2, 0) is 10.0 Å². The van der Waals surface area contributed by atoms with E-state index in [9.17, 15) is 8.42 Å². The van der Waals surface area contributed by atoms with Crippen LogP contribution in [0.4, 0.5) is 5.69 Å². The molecule has 1 aromatic carbocycles. The van der Waals surface area contributed by atoms with Crippen molar-refractivity contribution in [1.82, 2.24) is 10.2 Å². The molecular weight excluding hydrogens is 296 g/mol. The number of nitrogens with two attached hydrogens (primary N) is 1. The molecule has 6 nitrogen and oxygen atoms in total. The molecule has 0 amide bonds. The number of aromatic amines is 1. The Bertz CT molecular complexity index is 746. The lowest BCUT2D eigenvalue weighted by molar-refractivity contribution is 0.601. The van der Waals surface area contributed by atoms with E-state index in [0.29, 0.717) is 22.6 Å². The van der Waals surface area contributed by atoms with Gasteiger partial charge in [-0.15, -0.1) is 0 Å². The van der Waals surface area contributed by atoms with E-state index in [1.165, 1.54) is 12.1 Å². The fraction of sp³-hybridized carbons (Fsp3) is 0.167. The van der Waals surface area contributed by atoms with Gasteiger partial charge in [0, 0.05) is 5.56 Å². The number of thiocarbonyl (C=S) groups is 1. The van der Waals surface area contributed by atoms with Crippen LogP contribution in [0.5, 0.6) is 0 Å². The number of rotatable bonds is 4. The third kappa shape index (κ3) is 2.81. The molecule has 1 heterocycles. The van der Waals surface area contributed by atoms with E-state index in [4.69, 9.17) is 18.0 Å². The Morgan fingerprint density at radius 1 is 1.40 bits per heavy atom. The second kappa shape index (κ2) is 5.22. The van der Waals surface area contributed by atoms with Crippen molar-refractivity contribution in [2.45, 2.75) is 18.7 Å². The van der Waals surface area contributed by atoms with Gasteiger partial charge in [-0.2, -0.15) is 5.10 Å². The maximum Gasteiger partial charge on any atom is 0.262 e. The van der Waals surface area contributed by atoms with Crippen LogP contribution < -0.4 is 10.5 Å². The minimum atomic E-state index is -3.71. The second-order valence-electron chi connectivity index (χ2n) is 4.31. The van der Waals surface area contributed by atoms with Gasteiger partial charge >= 0.3 is 0 Å². The molecule has 0 fully saturated rings. The van der Waals surface area contributed by atoms with E-state index in [2.05, 4.69) is 14.9 Å². The summed E-state index contributed by atoms with van der Waals surface area (Å²) in [4.78, 5) is 0.250. The molecule has 20 heavy (non-hydrogen) atoms. The molecule has 0 saturated carbocycles. The Morgan fingerprint density at radius 3 is 2.65 bits per heavy atom. The minimum absolute atomic E-state index is 0.0998. The van der Waals surface area contributed by atoms with E-state index < -0.39 is 10.0 Å². The van der Waals surface area contributed by atoms with Crippen molar-refractivity contribution < 1.29 is 8.42 Å². The number of hydrogen-bond acceptors (Lipinski definition) is 4.